The van der Waals surface area contributed by atoms with Gasteiger partial charge in [-0.2, -0.15) is 0 Å². The highest BCUT2D eigenvalue weighted by atomic mass is 32.2. The van der Waals surface area contributed by atoms with Gasteiger partial charge in [-0.05, 0) is 41.3 Å². The first-order valence-electron chi connectivity index (χ1n) is 12.0. The number of fused-ring (bicyclic) bond motifs is 1. The molecule has 0 saturated carbocycles. The number of sulfone groups is 1. The Bertz CT molecular complexity index is 1390. The number of benzene rings is 2. The lowest BCUT2D eigenvalue weighted by atomic mass is 9.96. The number of alkyl halides is 3. The average Bonchev–Trinajstić information content (AvgIpc) is 3.35. The third-order valence-corrected chi connectivity index (χ3v) is 8.54. The molecular formula is C26H28F3N3O4S2. The Morgan fingerprint density at radius 3 is 2.37 bits per heavy atom. The van der Waals surface area contributed by atoms with Gasteiger partial charge in [-0.1, -0.05) is 44.5 Å². The maximum absolute atomic E-state index is 12.6. The van der Waals surface area contributed by atoms with Crippen LogP contribution < -0.4 is 10.1 Å². The first kappa shape index (κ1) is 28.1. The van der Waals surface area contributed by atoms with Crippen molar-refractivity contribution in [3.05, 3.63) is 70.2 Å². The van der Waals surface area contributed by atoms with Crippen molar-refractivity contribution in [2.45, 2.75) is 57.1 Å². The summed E-state index contributed by atoms with van der Waals surface area (Å²) in [5.74, 6) is -0.237. The summed E-state index contributed by atoms with van der Waals surface area (Å²) in [6.45, 7) is 5.38. The molecule has 1 aliphatic heterocycles. The fraction of sp³-hybridized carbons (Fsp3) is 0.385. The van der Waals surface area contributed by atoms with E-state index in [-0.39, 0.29) is 34.9 Å². The van der Waals surface area contributed by atoms with E-state index in [1.807, 2.05) is 0 Å². The molecule has 0 spiro atoms. The van der Waals surface area contributed by atoms with Crippen LogP contribution in [-0.4, -0.2) is 36.8 Å². The Hall–Kier alpha value is -2.96. The first-order chi connectivity index (χ1) is 17.8. The molecule has 2 aromatic carbocycles. The minimum Gasteiger partial charge on any atom is -0.406 e. The molecule has 1 N–H and O–H groups in total. The number of halogens is 3. The number of nitrogens with one attached hydrogen (secondary N) is 1. The number of anilines is 1. The topological polar surface area (TPSA) is 88.6 Å². The van der Waals surface area contributed by atoms with Gasteiger partial charge >= 0.3 is 6.36 Å². The summed E-state index contributed by atoms with van der Waals surface area (Å²) in [7, 11) is -3.30. The lowest BCUT2D eigenvalue weighted by molar-refractivity contribution is -0.274. The fourth-order valence-electron chi connectivity index (χ4n) is 4.46. The molecule has 2 atom stereocenters. The molecule has 2 heterocycles. The number of rotatable bonds is 9. The Morgan fingerprint density at radius 1 is 1.16 bits per heavy atom. The molecule has 0 fully saturated rings. The van der Waals surface area contributed by atoms with Crippen LogP contribution in [0, 0.1) is 5.92 Å². The van der Waals surface area contributed by atoms with Gasteiger partial charge in [0.15, 0.2) is 15.0 Å². The van der Waals surface area contributed by atoms with Crippen LogP contribution in [0.5, 0.6) is 5.75 Å². The number of nitrogens with zero attached hydrogens (tertiary/aromatic N) is 2. The van der Waals surface area contributed by atoms with E-state index in [2.05, 4.69) is 28.8 Å². The maximum atomic E-state index is 12.6. The number of amides is 1. The molecule has 0 radical (unpaired) electrons. The molecule has 3 aromatic rings. The summed E-state index contributed by atoms with van der Waals surface area (Å²) < 4.78 is 64.6. The summed E-state index contributed by atoms with van der Waals surface area (Å²) >= 11 is 1.41. The zero-order chi connectivity index (χ0) is 27.7. The van der Waals surface area contributed by atoms with E-state index in [0.29, 0.717) is 23.8 Å². The molecule has 1 amide bonds. The highest BCUT2D eigenvalue weighted by Crippen LogP contribution is 2.44. The molecule has 7 nitrogen and oxygen atoms in total. The van der Waals surface area contributed by atoms with Gasteiger partial charge < -0.3 is 10.1 Å². The zero-order valence-corrected chi connectivity index (χ0v) is 22.7. The van der Waals surface area contributed by atoms with Gasteiger partial charge in [-0.25, -0.2) is 13.4 Å². The van der Waals surface area contributed by atoms with Crippen LogP contribution in [0.25, 0.3) is 0 Å². The molecule has 1 aliphatic rings. The Labute approximate surface area is 223 Å². The smallest absolute Gasteiger partial charge is 0.406 e. The molecule has 204 valence electrons. The van der Waals surface area contributed by atoms with Gasteiger partial charge in [0.1, 0.15) is 5.75 Å². The Balaban J connectivity index is 1.42. The highest BCUT2D eigenvalue weighted by molar-refractivity contribution is 7.90. The van der Waals surface area contributed by atoms with E-state index in [1.54, 1.807) is 24.3 Å². The standard InChI is InChI=1S/C26H28F3N3O4S2/c1-4-16(2)24-23-21(15-32(24)14-18-5-9-19(10-6-18)36-26(27,28)29)37-25(31-23)30-22(33)13-17-7-11-20(12-8-17)38(3,34)35/h5-12,16,24H,4,13-15H2,1-3H3,(H,30,31,33)/t16-,24-/m1/s1. The van der Waals surface area contributed by atoms with E-state index in [0.717, 1.165) is 28.8 Å². The van der Waals surface area contributed by atoms with E-state index in [4.69, 9.17) is 4.98 Å². The summed E-state index contributed by atoms with van der Waals surface area (Å²) in [6, 6.07) is 12.1. The average molecular weight is 568 g/mol. The highest BCUT2D eigenvalue weighted by Gasteiger charge is 2.37. The largest absolute Gasteiger partial charge is 0.573 e. The third kappa shape index (κ3) is 6.91. The second-order valence-electron chi connectivity index (χ2n) is 9.40. The van der Waals surface area contributed by atoms with Crippen molar-refractivity contribution in [1.82, 2.24) is 9.88 Å². The van der Waals surface area contributed by atoms with Crippen LogP contribution in [-0.2, 0) is 34.1 Å². The normalized spacial score (nSPS) is 16.7. The van der Waals surface area contributed by atoms with Crippen molar-refractivity contribution >= 4 is 32.2 Å². The van der Waals surface area contributed by atoms with E-state index in [9.17, 15) is 26.4 Å². The lowest BCUT2D eigenvalue weighted by Crippen LogP contribution is -2.27. The quantitative estimate of drug-likeness (QED) is 0.355. The van der Waals surface area contributed by atoms with Crippen molar-refractivity contribution in [2.24, 2.45) is 5.92 Å². The molecule has 0 saturated heterocycles. The molecule has 12 heteroatoms. The molecule has 0 bridgehead atoms. The minimum atomic E-state index is -4.73. The molecule has 4 rings (SSSR count). The number of ether oxygens (including phenoxy) is 1. The lowest BCUT2D eigenvalue weighted by Gasteiger charge is -2.29. The van der Waals surface area contributed by atoms with Crippen LogP contribution >= 0.6 is 11.3 Å². The van der Waals surface area contributed by atoms with Crippen molar-refractivity contribution in [3.63, 3.8) is 0 Å². The molecule has 38 heavy (non-hydrogen) atoms. The van der Waals surface area contributed by atoms with E-state index in [1.165, 1.54) is 35.6 Å². The number of aromatic nitrogens is 1. The van der Waals surface area contributed by atoms with Crippen molar-refractivity contribution in [2.75, 3.05) is 11.6 Å². The number of thiazole rings is 1. The van der Waals surface area contributed by atoms with Gasteiger partial charge in [0.25, 0.3) is 0 Å². The van der Waals surface area contributed by atoms with Gasteiger partial charge in [0, 0.05) is 24.2 Å². The maximum Gasteiger partial charge on any atom is 0.573 e. The second kappa shape index (κ2) is 11.0. The van der Waals surface area contributed by atoms with E-state index >= 15 is 0 Å². The van der Waals surface area contributed by atoms with Crippen molar-refractivity contribution < 1.29 is 31.1 Å². The fourth-order valence-corrected chi connectivity index (χ4v) is 6.13. The van der Waals surface area contributed by atoms with Gasteiger partial charge in [0.2, 0.25) is 5.91 Å². The summed E-state index contributed by atoms with van der Waals surface area (Å²) in [6.07, 6.45) is -2.60. The summed E-state index contributed by atoms with van der Waals surface area (Å²) in [5, 5.41) is 3.37. The summed E-state index contributed by atoms with van der Waals surface area (Å²) in [5.41, 5.74) is 2.46. The first-order valence-corrected chi connectivity index (χ1v) is 14.7. The molecule has 1 aromatic heterocycles. The SMILES string of the molecule is CC[C@@H](C)[C@@H]1c2nc(NC(=O)Cc3ccc(S(C)(=O)=O)cc3)sc2CN1Cc1ccc(OC(F)(F)F)cc1. The summed E-state index contributed by atoms with van der Waals surface area (Å²) in [4.78, 5) is 20.9. The Kier molecular flexibility index (Phi) is 8.15. The van der Waals surface area contributed by atoms with Crippen LogP contribution in [0.15, 0.2) is 53.4 Å². The number of carbonyl (C=O) groups is 1. The third-order valence-electron chi connectivity index (χ3n) is 6.44. The van der Waals surface area contributed by atoms with Gasteiger partial charge in [0.05, 0.1) is 23.1 Å². The van der Waals surface area contributed by atoms with Crippen molar-refractivity contribution in [3.8, 4) is 5.75 Å². The predicted octanol–water partition coefficient (Wildman–Crippen LogP) is 5.73. The Morgan fingerprint density at radius 2 is 1.79 bits per heavy atom. The van der Waals surface area contributed by atoms with Gasteiger partial charge in [-0.3, -0.25) is 9.69 Å². The zero-order valence-electron chi connectivity index (χ0n) is 21.1. The monoisotopic (exact) mass is 567 g/mol. The number of hydrogen-bond donors (Lipinski definition) is 1. The van der Waals surface area contributed by atoms with Crippen LogP contribution in [0.4, 0.5) is 18.3 Å². The van der Waals surface area contributed by atoms with Crippen LogP contribution in [0.1, 0.15) is 48.0 Å². The molecular weight excluding hydrogens is 539 g/mol. The molecule has 0 unspecified atom stereocenters. The second-order valence-corrected chi connectivity index (χ2v) is 12.5. The number of carbonyl (C=O) groups excluding carboxylic acids is 1. The predicted molar refractivity (Wildman–Crippen MR) is 139 cm³/mol. The van der Waals surface area contributed by atoms with Crippen molar-refractivity contribution in [1.29, 1.82) is 0 Å². The van der Waals surface area contributed by atoms with Gasteiger partial charge in [-0.15, -0.1) is 24.5 Å². The molecule has 0 aliphatic carbocycles. The van der Waals surface area contributed by atoms with Crippen LogP contribution in [0.2, 0.25) is 0 Å². The number of hydrogen-bond acceptors (Lipinski definition) is 7. The van der Waals surface area contributed by atoms with E-state index < -0.39 is 16.2 Å². The minimum absolute atomic E-state index is 0.00606. The van der Waals surface area contributed by atoms with Crippen LogP contribution in [0.3, 0.4) is 0 Å².